The van der Waals surface area contributed by atoms with Gasteiger partial charge in [-0.05, 0) is 45.4 Å². The summed E-state index contributed by atoms with van der Waals surface area (Å²) in [6.45, 7) is 14.6. The van der Waals surface area contributed by atoms with Gasteiger partial charge in [0.2, 0.25) is 0 Å². The van der Waals surface area contributed by atoms with Gasteiger partial charge in [0.25, 0.3) is 0 Å². The molecule has 0 bridgehead atoms. The van der Waals surface area contributed by atoms with Crippen LogP contribution in [0.4, 0.5) is 0 Å². The molecule has 0 atom stereocenters. The Morgan fingerprint density at radius 3 is 2.38 bits per heavy atom. The first-order valence-electron chi connectivity index (χ1n) is 7.82. The second-order valence-electron chi connectivity index (χ2n) is 6.67. The molecule has 1 N–H and O–H groups in total. The van der Waals surface area contributed by atoms with Crippen LogP contribution in [0, 0.1) is 0 Å². The van der Waals surface area contributed by atoms with Crippen LogP contribution < -0.4 is 4.74 Å². The van der Waals surface area contributed by atoms with Crippen LogP contribution >= 0.6 is 0 Å². The maximum absolute atomic E-state index is 9.75. The van der Waals surface area contributed by atoms with Gasteiger partial charge in [-0.25, -0.2) is 0 Å². The van der Waals surface area contributed by atoms with Crippen LogP contribution in [-0.4, -0.2) is 53.2 Å². The van der Waals surface area contributed by atoms with Crippen LogP contribution in [0.25, 0.3) is 0 Å². The van der Waals surface area contributed by atoms with Crippen LogP contribution in [0.3, 0.4) is 0 Å². The lowest BCUT2D eigenvalue weighted by molar-refractivity contribution is 0.0590. The highest BCUT2D eigenvalue weighted by Crippen LogP contribution is 2.27. The summed E-state index contributed by atoms with van der Waals surface area (Å²) in [4.78, 5) is 5.00. The average molecular weight is 292 g/mol. The van der Waals surface area contributed by atoms with Crippen molar-refractivity contribution in [3.05, 3.63) is 23.8 Å². The van der Waals surface area contributed by atoms with Crippen molar-refractivity contribution in [3.63, 3.8) is 0 Å². The average Bonchev–Trinajstić information content (AvgIpc) is 2.42. The highest BCUT2D eigenvalue weighted by atomic mass is 16.5. The third-order valence-electron chi connectivity index (χ3n) is 4.05. The number of hydrogen-bond acceptors (Lipinski definition) is 4. The van der Waals surface area contributed by atoms with Crippen molar-refractivity contribution in [2.75, 3.05) is 32.8 Å². The largest absolute Gasteiger partial charge is 0.504 e. The van der Waals surface area contributed by atoms with E-state index in [-0.39, 0.29) is 11.3 Å². The first kappa shape index (κ1) is 16.1. The highest BCUT2D eigenvalue weighted by molar-refractivity contribution is 5.41. The quantitative estimate of drug-likeness (QED) is 0.925. The first-order chi connectivity index (χ1) is 9.90. The van der Waals surface area contributed by atoms with E-state index in [1.54, 1.807) is 6.07 Å². The van der Waals surface area contributed by atoms with Gasteiger partial charge in [0, 0.05) is 38.3 Å². The fourth-order valence-corrected chi connectivity index (χ4v) is 2.76. The molecule has 1 aliphatic heterocycles. The molecule has 1 aliphatic rings. The molecule has 0 amide bonds. The van der Waals surface area contributed by atoms with E-state index in [1.165, 1.54) is 5.56 Å². The molecule has 0 spiro atoms. The van der Waals surface area contributed by atoms with Crippen molar-refractivity contribution in [3.8, 4) is 11.5 Å². The summed E-state index contributed by atoms with van der Waals surface area (Å²) < 4.78 is 5.45. The molecule has 0 saturated carbocycles. The van der Waals surface area contributed by atoms with Gasteiger partial charge in [-0.15, -0.1) is 0 Å². The maximum atomic E-state index is 9.75. The molecule has 118 valence electrons. The number of piperazine rings is 1. The third kappa shape index (κ3) is 4.35. The van der Waals surface area contributed by atoms with Crippen molar-refractivity contribution in [1.29, 1.82) is 0 Å². The zero-order chi connectivity index (χ0) is 15.5. The monoisotopic (exact) mass is 292 g/mol. The lowest BCUT2D eigenvalue weighted by Gasteiger charge is -2.42. The summed E-state index contributed by atoms with van der Waals surface area (Å²) >= 11 is 0. The van der Waals surface area contributed by atoms with Gasteiger partial charge in [-0.3, -0.25) is 9.80 Å². The Kier molecular flexibility index (Phi) is 5.12. The summed E-state index contributed by atoms with van der Waals surface area (Å²) in [5.41, 5.74) is 1.45. The molecular weight excluding hydrogens is 264 g/mol. The maximum Gasteiger partial charge on any atom is 0.161 e. The summed E-state index contributed by atoms with van der Waals surface area (Å²) in [5.74, 6) is 0.807. The summed E-state index contributed by atoms with van der Waals surface area (Å²) in [6.07, 6.45) is 0. The Morgan fingerprint density at radius 1 is 1.14 bits per heavy atom. The molecule has 21 heavy (non-hydrogen) atoms. The van der Waals surface area contributed by atoms with E-state index in [0.29, 0.717) is 12.4 Å². The second kappa shape index (κ2) is 6.67. The van der Waals surface area contributed by atoms with E-state index >= 15 is 0 Å². The second-order valence-corrected chi connectivity index (χ2v) is 6.67. The molecule has 4 heteroatoms. The van der Waals surface area contributed by atoms with Crippen LogP contribution in [0.15, 0.2) is 18.2 Å². The van der Waals surface area contributed by atoms with E-state index in [9.17, 15) is 5.11 Å². The Morgan fingerprint density at radius 2 is 1.81 bits per heavy atom. The summed E-state index contributed by atoms with van der Waals surface area (Å²) in [6, 6.07) is 5.66. The van der Waals surface area contributed by atoms with Gasteiger partial charge in [0.1, 0.15) is 0 Å². The molecule has 0 unspecified atom stereocenters. The molecular formula is C17H28N2O2. The van der Waals surface area contributed by atoms with Crippen molar-refractivity contribution < 1.29 is 9.84 Å². The fraction of sp³-hybridized carbons (Fsp3) is 0.647. The number of phenols is 1. The summed E-state index contributed by atoms with van der Waals surface area (Å²) in [5, 5.41) is 9.75. The van der Waals surface area contributed by atoms with Gasteiger partial charge in [-0.1, -0.05) is 6.07 Å². The predicted molar refractivity (Wildman–Crippen MR) is 85.9 cm³/mol. The SMILES string of the molecule is CCOc1cc(CN2CCN(C(C)(C)C)CC2)ccc1O. The molecule has 1 saturated heterocycles. The van der Waals surface area contributed by atoms with Crippen molar-refractivity contribution in [2.24, 2.45) is 0 Å². The molecule has 1 heterocycles. The van der Waals surface area contributed by atoms with Crippen LogP contribution in [0.1, 0.15) is 33.3 Å². The van der Waals surface area contributed by atoms with Crippen LogP contribution in [0.2, 0.25) is 0 Å². The van der Waals surface area contributed by atoms with Crippen molar-refractivity contribution in [1.82, 2.24) is 9.80 Å². The van der Waals surface area contributed by atoms with E-state index in [4.69, 9.17) is 4.74 Å². The van der Waals surface area contributed by atoms with Gasteiger partial charge in [-0.2, -0.15) is 0 Å². The number of ether oxygens (including phenoxy) is 1. The van der Waals surface area contributed by atoms with Crippen LogP contribution in [-0.2, 0) is 6.54 Å². The Labute approximate surface area is 128 Å². The minimum absolute atomic E-state index is 0.221. The Bertz CT molecular complexity index is 460. The molecule has 1 aromatic rings. The predicted octanol–water partition coefficient (Wildman–Crippen LogP) is 2.71. The Hall–Kier alpha value is -1.26. The standard InChI is InChI=1S/C17H28N2O2/c1-5-21-16-12-14(6-7-15(16)20)13-18-8-10-19(11-9-18)17(2,3)4/h6-7,12,20H,5,8-11,13H2,1-4H3. The smallest absolute Gasteiger partial charge is 0.161 e. The molecule has 0 radical (unpaired) electrons. The number of aromatic hydroxyl groups is 1. The topological polar surface area (TPSA) is 35.9 Å². The minimum atomic E-state index is 0.221. The number of phenolic OH excluding ortho intramolecular Hbond substituents is 1. The lowest BCUT2D eigenvalue weighted by atomic mass is 10.0. The lowest BCUT2D eigenvalue weighted by Crippen LogP contribution is -2.53. The normalized spacial score (nSPS) is 17.9. The number of hydrogen-bond donors (Lipinski definition) is 1. The molecule has 1 fully saturated rings. The van der Waals surface area contributed by atoms with E-state index in [0.717, 1.165) is 32.7 Å². The number of nitrogens with zero attached hydrogens (tertiary/aromatic N) is 2. The van der Waals surface area contributed by atoms with Crippen LogP contribution in [0.5, 0.6) is 11.5 Å². The van der Waals surface area contributed by atoms with Gasteiger partial charge in [0.15, 0.2) is 11.5 Å². The number of benzene rings is 1. The highest BCUT2D eigenvalue weighted by Gasteiger charge is 2.25. The van der Waals surface area contributed by atoms with E-state index < -0.39 is 0 Å². The zero-order valence-electron chi connectivity index (χ0n) is 13.7. The molecule has 0 aromatic heterocycles. The van der Waals surface area contributed by atoms with Gasteiger partial charge >= 0.3 is 0 Å². The summed E-state index contributed by atoms with van der Waals surface area (Å²) in [7, 11) is 0. The zero-order valence-corrected chi connectivity index (χ0v) is 13.7. The van der Waals surface area contributed by atoms with E-state index in [1.807, 2.05) is 19.1 Å². The van der Waals surface area contributed by atoms with Crippen molar-refractivity contribution in [2.45, 2.75) is 39.8 Å². The molecule has 1 aromatic carbocycles. The van der Waals surface area contributed by atoms with Gasteiger partial charge < -0.3 is 9.84 Å². The number of rotatable bonds is 4. The molecule has 4 nitrogen and oxygen atoms in total. The van der Waals surface area contributed by atoms with E-state index in [2.05, 4.69) is 30.6 Å². The minimum Gasteiger partial charge on any atom is -0.504 e. The van der Waals surface area contributed by atoms with Gasteiger partial charge in [0.05, 0.1) is 6.61 Å². The first-order valence-corrected chi connectivity index (χ1v) is 7.82. The fourth-order valence-electron chi connectivity index (χ4n) is 2.76. The third-order valence-corrected chi connectivity index (χ3v) is 4.05. The molecule has 2 rings (SSSR count). The molecule has 0 aliphatic carbocycles. The van der Waals surface area contributed by atoms with Crippen molar-refractivity contribution >= 4 is 0 Å². The Balaban J connectivity index is 1.93.